The standard InChI is InChI=1S/C10H16BrNS/c1-3-6-12-8(2)7-9-4-5-10(11)13-9/h4-5,8,12H,3,6-7H2,1-2H3. The highest BCUT2D eigenvalue weighted by Crippen LogP contribution is 2.22. The molecule has 0 radical (unpaired) electrons. The van der Waals surface area contributed by atoms with E-state index in [1.165, 1.54) is 15.1 Å². The molecule has 0 aliphatic rings. The van der Waals surface area contributed by atoms with Gasteiger partial charge in [-0.15, -0.1) is 11.3 Å². The molecule has 74 valence electrons. The summed E-state index contributed by atoms with van der Waals surface area (Å²) in [7, 11) is 0. The van der Waals surface area contributed by atoms with Gasteiger partial charge in [-0.05, 0) is 54.4 Å². The molecule has 3 heteroatoms. The van der Waals surface area contributed by atoms with Gasteiger partial charge >= 0.3 is 0 Å². The number of nitrogens with one attached hydrogen (secondary N) is 1. The molecule has 0 spiro atoms. The Hall–Kier alpha value is 0.140. The van der Waals surface area contributed by atoms with Gasteiger partial charge in [0.1, 0.15) is 0 Å². The minimum absolute atomic E-state index is 0.588. The van der Waals surface area contributed by atoms with Crippen molar-refractivity contribution in [2.45, 2.75) is 32.7 Å². The molecule has 1 rings (SSSR count). The fourth-order valence-electron chi connectivity index (χ4n) is 1.23. The Labute approximate surface area is 92.7 Å². The summed E-state index contributed by atoms with van der Waals surface area (Å²) in [5.41, 5.74) is 0. The van der Waals surface area contributed by atoms with Crippen LogP contribution in [0, 0.1) is 0 Å². The summed E-state index contributed by atoms with van der Waals surface area (Å²) < 4.78 is 1.23. The number of hydrogen-bond donors (Lipinski definition) is 1. The second-order valence-electron chi connectivity index (χ2n) is 3.27. The van der Waals surface area contributed by atoms with E-state index >= 15 is 0 Å². The van der Waals surface area contributed by atoms with Gasteiger partial charge in [-0.2, -0.15) is 0 Å². The van der Waals surface area contributed by atoms with Crippen LogP contribution in [0.3, 0.4) is 0 Å². The fraction of sp³-hybridized carbons (Fsp3) is 0.600. The summed E-state index contributed by atoms with van der Waals surface area (Å²) in [5.74, 6) is 0. The first-order chi connectivity index (χ1) is 6.22. The van der Waals surface area contributed by atoms with Crippen LogP contribution in [0.2, 0.25) is 0 Å². The molecular weight excluding hydrogens is 246 g/mol. The van der Waals surface area contributed by atoms with Gasteiger partial charge in [0.05, 0.1) is 3.79 Å². The van der Waals surface area contributed by atoms with Crippen molar-refractivity contribution in [1.82, 2.24) is 5.32 Å². The maximum absolute atomic E-state index is 3.48. The fourth-order valence-corrected chi connectivity index (χ4v) is 2.84. The van der Waals surface area contributed by atoms with E-state index in [1.807, 2.05) is 11.3 Å². The first-order valence-corrected chi connectivity index (χ1v) is 6.31. The number of hydrogen-bond acceptors (Lipinski definition) is 2. The third-order valence-corrected chi connectivity index (χ3v) is 3.52. The minimum Gasteiger partial charge on any atom is -0.314 e. The summed E-state index contributed by atoms with van der Waals surface area (Å²) in [6, 6.07) is 4.90. The van der Waals surface area contributed by atoms with Crippen molar-refractivity contribution in [2.75, 3.05) is 6.54 Å². The van der Waals surface area contributed by atoms with E-state index in [9.17, 15) is 0 Å². The molecule has 1 heterocycles. The highest BCUT2D eigenvalue weighted by molar-refractivity contribution is 9.11. The molecule has 1 aromatic heterocycles. The first kappa shape index (κ1) is 11.2. The second kappa shape index (κ2) is 5.78. The van der Waals surface area contributed by atoms with Crippen LogP contribution < -0.4 is 5.32 Å². The third kappa shape index (κ3) is 4.25. The first-order valence-electron chi connectivity index (χ1n) is 4.70. The number of thiophene rings is 1. The Morgan fingerprint density at radius 3 is 2.85 bits per heavy atom. The molecule has 1 unspecified atom stereocenters. The summed E-state index contributed by atoms with van der Waals surface area (Å²) in [6.45, 7) is 5.55. The maximum atomic E-state index is 3.48. The molecular formula is C10H16BrNS. The largest absolute Gasteiger partial charge is 0.314 e. The third-order valence-electron chi connectivity index (χ3n) is 1.88. The smallest absolute Gasteiger partial charge is 0.0701 e. The Morgan fingerprint density at radius 1 is 1.54 bits per heavy atom. The van der Waals surface area contributed by atoms with Crippen molar-refractivity contribution in [2.24, 2.45) is 0 Å². The van der Waals surface area contributed by atoms with Crippen LogP contribution in [-0.4, -0.2) is 12.6 Å². The van der Waals surface area contributed by atoms with Crippen LogP contribution in [0.1, 0.15) is 25.1 Å². The molecule has 0 aliphatic carbocycles. The van der Waals surface area contributed by atoms with Gasteiger partial charge in [-0.1, -0.05) is 6.92 Å². The predicted molar refractivity (Wildman–Crippen MR) is 63.5 cm³/mol. The van der Waals surface area contributed by atoms with Crippen LogP contribution >= 0.6 is 27.3 Å². The van der Waals surface area contributed by atoms with E-state index in [2.05, 4.69) is 47.2 Å². The van der Waals surface area contributed by atoms with E-state index in [1.54, 1.807) is 0 Å². The molecule has 1 nitrogen and oxygen atoms in total. The van der Waals surface area contributed by atoms with Gasteiger partial charge in [0, 0.05) is 10.9 Å². The summed E-state index contributed by atoms with van der Waals surface area (Å²) >= 11 is 5.30. The highest BCUT2D eigenvalue weighted by atomic mass is 79.9. The molecule has 0 aliphatic heterocycles. The van der Waals surface area contributed by atoms with Gasteiger partial charge in [0.15, 0.2) is 0 Å². The monoisotopic (exact) mass is 261 g/mol. The SMILES string of the molecule is CCCNC(C)Cc1ccc(Br)s1. The molecule has 0 fully saturated rings. The molecule has 13 heavy (non-hydrogen) atoms. The normalized spacial score (nSPS) is 13.2. The number of halogens is 1. The highest BCUT2D eigenvalue weighted by Gasteiger charge is 2.03. The zero-order chi connectivity index (χ0) is 9.68. The van der Waals surface area contributed by atoms with E-state index in [0.29, 0.717) is 6.04 Å². The van der Waals surface area contributed by atoms with E-state index in [4.69, 9.17) is 0 Å². The molecule has 0 saturated carbocycles. The summed E-state index contributed by atoms with van der Waals surface area (Å²) in [5, 5.41) is 3.48. The second-order valence-corrected chi connectivity index (χ2v) is 5.81. The Morgan fingerprint density at radius 2 is 2.31 bits per heavy atom. The van der Waals surface area contributed by atoms with Crippen molar-refractivity contribution in [3.05, 3.63) is 20.8 Å². The predicted octanol–water partition coefficient (Wildman–Crippen LogP) is 3.44. The Bertz CT molecular complexity index is 247. The molecule has 1 N–H and O–H groups in total. The molecule has 1 aromatic rings. The lowest BCUT2D eigenvalue weighted by molar-refractivity contribution is 0.546. The van der Waals surface area contributed by atoms with Crippen molar-refractivity contribution in [1.29, 1.82) is 0 Å². The molecule has 1 atom stereocenters. The van der Waals surface area contributed by atoms with Crippen LogP contribution in [0.4, 0.5) is 0 Å². The zero-order valence-electron chi connectivity index (χ0n) is 8.14. The van der Waals surface area contributed by atoms with Crippen LogP contribution in [0.25, 0.3) is 0 Å². The zero-order valence-corrected chi connectivity index (χ0v) is 10.5. The van der Waals surface area contributed by atoms with Gasteiger partial charge in [0.25, 0.3) is 0 Å². The minimum atomic E-state index is 0.588. The topological polar surface area (TPSA) is 12.0 Å². The van der Waals surface area contributed by atoms with E-state index in [-0.39, 0.29) is 0 Å². The average molecular weight is 262 g/mol. The van der Waals surface area contributed by atoms with Crippen molar-refractivity contribution < 1.29 is 0 Å². The van der Waals surface area contributed by atoms with Gasteiger partial charge in [0.2, 0.25) is 0 Å². The molecule has 0 aromatic carbocycles. The molecule has 0 bridgehead atoms. The maximum Gasteiger partial charge on any atom is 0.0701 e. The lowest BCUT2D eigenvalue weighted by Gasteiger charge is -2.11. The molecule has 0 saturated heterocycles. The van der Waals surface area contributed by atoms with Crippen molar-refractivity contribution >= 4 is 27.3 Å². The lowest BCUT2D eigenvalue weighted by atomic mass is 10.2. The summed E-state index contributed by atoms with van der Waals surface area (Å²) in [6.07, 6.45) is 2.34. The van der Waals surface area contributed by atoms with Gasteiger partial charge < -0.3 is 5.32 Å². The average Bonchev–Trinajstić information content (AvgIpc) is 2.48. The van der Waals surface area contributed by atoms with Gasteiger partial charge in [-0.3, -0.25) is 0 Å². The van der Waals surface area contributed by atoms with Crippen molar-refractivity contribution in [3.8, 4) is 0 Å². The van der Waals surface area contributed by atoms with Crippen molar-refractivity contribution in [3.63, 3.8) is 0 Å². The summed E-state index contributed by atoms with van der Waals surface area (Å²) in [4.78, 5) is 1.45. The lowest BCUT2D eigenvalue weighted by Crippen LogP contribution is -2.28. The number of rotatable bonds is 5. The van der Waals surface area contributed by atoms with Crippen LogP contribution in [0.5, 0.6) is 0 Å². The Balaban J connectivity index is 2.31. The van der Waals surface area contributed by atoms with E-state index < -0.39 is 0 Å². The van der Waals surface area contributed by atoms with Crippen LogP contribution in [-0.2, 0) is 6.42 Å². The van der Waals surface area contributed by atoms with E-state index in [0.717, 1.165) is 13.0 Å². The quantitative estimate of drug-likeness (QED) is 0.857. The molecule has 0 amide bonds. The Kier molecular flexibility index (Phi) is 4.99. The van der Waals surface area contributed by atoms with Crippen LogP contribution in [0.15, 0.2) is 15.9 Å². The van der Waals surface area contributed by atoms with Gasteiger partial charge in [-0.25, -0.2) is 0 Å².